The van der Waals surface area contributed by atoms with Crippen LogP contribution >= 0.6 is 0 Å². The van der Waals surface area contributed by atoms with Gasteiger partial charge in [-0.3, -0.25) is 13.7 Å². The third-order valence-corrected chi connectivity index (χ3v) is 26.9. The molecule has 30 aromatic rings. The Balaban J connectivity index is 0.000000123. The molecule has 0 bridgehead atoms. The Morgan fingerprint density at radius 1 is 0.140 bits per heavy atom. The SMILES string of the molecule is [2H]c1c([2H])c([2H])c(-c2nc(-c3ccc(-c4ccccc4)cc3)nc(-n3c4ccccc4c4ccc5c6ccccc6n(-c6c([2H])c([2H])c([2H])c([2H])c6[2H])c5c43)n2)c([2H])c1[2H].[2H]c1c([2H])c([2H])c(-c2nc(-c3cccc(-c4ccccc4)c3)nc(-n3c4ccccc4c4ccc5c6ccccc6n(-c6c([2H])c([2H])c([2H])c([2H])c6[2H])c5c43)n2)c([2H])c1[2H].[2H]c1c([2H])c([2H])c(-c2nc(-c3ccccc3-c3ccccc3)nc(-n3c4ccccc4c4ccc5c6ccccc6n(-c6c([2H])c([2H])c([2H])c([2H])c6[2H])c5c43)n2)c([2H])c1[2H]. The fraction of sp³-hybridized carbons (Fsp3) is 0. The molecule has 0 unspecified atom stereocenters. The van der Waals surface area contributed by atoms with Gasteiger partial charge in [-0.25, -0.2) is 15.0 Å². The van der Waals surface area contributed by atoms with Crippen molar-refractivity contribution in [2.75, 3.05) is 0 Å². The summed E-state index contributed by atoms with van der Waals surface area (Å²) in [5.74, 6) is 0.235. The first kappa shape index (κ1) is 61.4. The number of hydrogen-bond donors (Lipinski definition) is 0. The van der Waals surface area contributed by atoms with Gasteiger partial charge in [-0.1, -0.05) is 448 Å². The fourth-order valence-corrected chi connectivity index (χ4v) is 20.5. The van der Waals surface area contributed by atoms with Crippen LogP contribution in [0.25, 0.3) is 267 Å². The predicted molar refractivity (Wildman–Crippen MR) is 614 cm³/mol. The number of benzene rings is 21. The van der Waals surface area contributed by atoms with Crippen LogP contribution in [0.4, 0.5) is 0 Å². The first-order chi connectivity index (χ1) is 86.9. The van der Waals surface area contributed by atoms with Crippen molar-refractivity contribution in [3.05, 3.63) is 527 Å². The first-order valence-electron chi connectivity index (χ1n) is 62.9. The zero-order valence-corrected chi connectivity index (χ0v) is 78.6. The van der Waals surface area contributed by atoms with Gasteiger partial charge in [-0.15, -0.1) is 0 Å². The fourth-order valence-electron chi connectivity index (χ4n) is 20.5. The van der Waals surface area contributed by atoms with Crippen molar-refractivity contribution < 1.29 is 41.1 Å². The van der Waals surface area contributed by atoms with E-state index in [1.54, 1.807) is 18.3 Å². The smallest absolute Gasteiger partial charge is 0.238 e. The molecule has 0 aliphatic heterocycles. The third-order valence-electron chi connectivity index (χ3n) is 26.9. The molecule has 0 amide bonds. The van der Waals surface area contributed by atoms with Gasteiger partial charge in [-0.05, 0) is 112 Å². The molecule has 702 valence electrons. The van der Waals surface area contributed by atoms with Crippen molar-refractivity contribution in [2.24, 2.45) is 0 Å². The maximum Gasteiger partial charge on any atom is 0.238 e. The highest BCUT2D eigenvalue weighted by molar-refractivity contribution is 6.27. The predicted octanol–water partition coefficient (Wildman–Crippen LogP) is 33.2. The molecule has 21 aromatic carbocycles. The molecule has 150 heavy (non-hydrogen) atoms. The quantitative estimate of drug-likeness (QED) is 0.0979. The topological polar surface area (TPSA) is 146 Å². The lowest BCUT2D eigenvalue weighted by molar-refractivity contribution is 0.953. The van der Waals surface area contributed by atoms with Crippen molar-refractivity contribution in [3.63, 3.8) is 0 Å². The standard InChI is InChI=1S/3C45H29N5/c1-4-15-30(16-5-1)32-19-14-20-33(29-32)44-46-43(31-17-6-2-7-18-31)47-45(48-44)50-40-26-13-11-24-36(40)38-28-27-37-35-23-10-12-25-39(35)49(41(37)42(38)50)34-21-8-3-9-22-34;1-4-14-30(15-5-1)31-24-26-33(27-25-31)44-46-43(32-16-6-2-7-17-32)47-45(48-44)50-40-23-13-11-21-36(40)38-29-28-37-35-20-10-12-22-39(35)49(41(37)42(38)50)34-18-8-3-9-19-34;1-4-16-30(17-5-1)33-22-10-11-25-38(33)44-46-43(31-18-6-2-7-19-31)47-45(48-44)50-40-27-15-13-24-35(40)37-29-28-36-34-23-12-14-26-39(34)49(41(36)42(37)50)32-20-8-3-9-21-32/h3*1-29H/i2D,3D,6D,7D,8D,9D,17D,18D,21D,22D;2D,3D,6D,7D,8D,9D,16D,17D,18D,19D;2D,3D,6D,7D,8D,9D,18D,19D,20D,21D. The van der Waals surface area contributed by atoms with E-state index in [0.717, 1.165) is 98.0 Å². The van der Waals surface area contributed by atoms with E-state index in [1.807, 2.05) is 355 Å². The van der Waals surface area contributed by atoms with E-state index in [-0.39, 0.29) is 123 Å². The second-order valence-electron chi connectivity index (χ2n) is 35.3. The van der Waals surface area contributed by atoms with Gasteiger partial charge in [0.05, 0.1) is 107 Å². The van der Waals surface area contributed by atoms with Gasteiger partial charge in [0, 0.05) is 115 Å². The van der Waals surface area contributed by atoms with Gasteiger partial charge in [0.15, 0.2) is 34.9 Å². The number of aromatic nitrogens is 15. The monoisotopic (exact) mass is 1950 g/mol. The number of para-hydroxylation sites is 9. The minimum absolute atomic E-state index is 0.0360. The van der Waals surface area contributed by atoms with Crippen LogP contribution in [0.2, 0.25) is 0 Å². The minimum atomic E-state index is -0.553. The third kappa shape index (κ3) is 15.1. The maximum atomic E-state index is 9.11. The van der Waals surface area contributed by atoms with Crippen molar-refractivity contribution in [2.45, 2.75) is 0 Å². The lowest BCUT2D eigenvalue weighted by Crippen LogP contribution is -2.07. The molecule has 0 atom stereocenters. The first-order valence-corrected chi connectivity index (χ1v) is 47.9. The Kier molecular flexibility index (Phi) is 15.2. The van der Waals surface area contributed by atoms with Crippen LogP contribution in [0.1, 0.15) is 41.1 Å². The van der Waals surface area contributed by atoms with E-state index in [2.05, 4.69) is 0 Å². The van der Waals surface area contributed by atoms with Crippen molar-refractivity contribution >= 4 is 131 Å². The Morgan fingerprint density at radius 3 is 0.707 bits per heavy atom. The largest absolute Gasteiger partial charge is 0.307 e. The summed E-state index contributed by atoms with van der Waals surface area (Å²) in [7, 11) is 0. The second-order valence-corrected chi connectivity index (χ2v) is 35.3. The Bertz CT molecular complexity index is 12300. The number of nitrogens with zero attached hydrogens (tertiary/aromatic N) is 15. The summed E-state index contributed by atoms with van der Waals surface area (Å²) in [5.41, 5.74) is 13.4. The zero-order valence-electron chi connectivity index (χ0n) is 109. The van der Waals surface area contributed by atoms with Crippen LogP contribution < -0.4 is 0 Å². The number of rotatable bonds is 15. The van der Waals surface area contributed by atoms with Crippen LogP contribution in [-0.2, 0) is 0 Å². The molecule has 15 heteroatoms. The molecule has 0 N–H and O–H groups in total. The molecule has 0 saturated heterocycles. The van der Waals surface area contributed by atoms with Gasteiger partial charge in [-0.2, -0.15) is 29.9 Å². The molecule has 15 nitrogen and oxygen atoms in total. The average Bonchev–Trinajstić information content (AvgIpc) is 1.54. The van der Waals surface area contributed by atoms with Crippen LogP contribution in [-0.4, -0.2) is 72.3 Å². The molecule has 0 fully saturated rings. The van der Waals surface area contributed by atoms with Gasteiger partial charge in [0.1, 0.15) is 0 Å². The van der Waals surface area contributed by atoms with Gasteiger partial charge < -0.3 is 13.7 Å². The Labute approximate surface area is 903 Å². The summed E-state index contributed by atoms with van der Waals surface area (Å²) in [4.78, 5) is 44.5. The average molecular weight is 1950 g/mol. The number of hydrogen-bond acceptors (Lipinski definition) is 9. The molecular weight excluding hydrogens is 1830 g/mol. The Morgan fingerprint density at radius 2 is 0.367 bits per heavy atom. The molecule has 0 aliphatic rings. The van der Waals surface area contributed by atoms with E-state index < -0.39 is 145 Å². The zero-order chi connectivity index (χ0) is 125. The second kappa shape index (κ2) is 37.0. The molecule has 30 rings (SSSR count). The molecule has 0 aliphatic carbocycles. The van der Waals surface area contributed by atoms with E-state index in [1.165, 1.54) is 0 Å². The Hall–Kier alpha value is -20.6. The lowest BCUT2D eigenvalue weighted by atomic mass is 9.99. The maximum absolute atomic E-state index is 9.11. The summed E-state index contributed by atoms with van der Waals surface area (Å²) in [5, 5.41) is 9.11. The van der Waals surface area contributed by atoms with E-state index in [4.69, 9.17) is 86.0 Å². The van der Waals surface area contributed by atoms with Gasteiger partial charge in [0.25, 0.3) is 0 Å². The highest BCUT2D eigenvalue weighted by Crippen LogP contribution is 2.48. The van der Waals surface area contributed by atoms with Gasteiger partial charge in [0.2, 0.25) is 17.8 Å². The van der Waals surface area contributed by atoms with Crippen LogP contribution in [0.5, 0.6) is 0 Å². The highest BCUT2D eigenvalue weighted by Gasteiger charge is 2.30. The molecule has 0 spiro atoms. The van der Waals surface area contributed by atoms with Crippen LogP contribution in [0.3, 0.4) is 0 Å². The molecule has 9 heterocycles. The molecule has 0 radical (unpaired) electrons. The summed E-state index contributed by atoms with van der Waals surface area (Å²) in [6.07, 6.45) is 0. The summed E-state index contributed by atoms with van der Waals surface area (Å²) in [6.45, 7) is 0. The van der Waals surface area contributed by atoms with Crippen molar-refractivity contribution in [3.8, 4) is 137 Å². The van der Waals surface area contributed by atoms with E-state index in [9.17, 15) is 0 Å². The normalized spacial score (nSPS) is 14.4. The summed E-state index contributed by atoms with van der Waals surface area (Å²) >= 11 is 0. The van der Waals surface area contributed by atoms with E-state index in [0.29, 0.717) is 82.9 Å². The van der Waals surface area contributed by atoms with E-state index >= 15 is 0 Å². The lowest BCUT2D eigenvalue weighted by Gasteiger charge is -2.14. The molecular formula is C135H87N15. The van der Waals surface area contributed by atoms with Crippen molar-refractivity contribution in [1.82, 2.24) is 72.3 Å². The number of fused-ring (bicyclic) bond motifs is 21. The molecule has 9 aromatic heterocycles. The van der Waals surface area contributed by atoms with Crippen LogP contribution in [0.15, 0.2) is 527 Å². The van der Waals surface area contributed by atoms with Gasteiger partial charge >= 0.3 is 0 Å². The molecule has 0 saturated carbocycles. The minimum Gasteiger partial charge on any atom is -0.307 e. The summed E-state index contributed by atoms with van der Waals surface area (Å²) in [6, 6.07) is 94.4. The van der Waals surface area contributed by atoms with Crippen LogP contribution in [0, 0.1) is 0 Å². The summed E-state index contributed by atoms with van der Waals surface area (Å²) < 4.78 is 271. The van der Waals surface area contributed by atoms with Crippen molar-refractivity contribution in [1.29, 1.82) is 0 Å². The highest BCUT2D eigenvalue weighted by atomic mass is 15.2.